The van der Waals surface area contributed by atoms with Gasteiger partial charge in [0.25, 0.3) is 0 Å². The van der Waals surface area contributed by atoms with Crippen molar-refractivity contribution in [2.75, 3.05) is 0 Å². The van der Waals surface area contributed by atoms with Crippen molar-refractivity contribution in [2.45, 2.75) is 39.7 Å². The molecule has 0 spiro atoms. The number of H-pyrrole nitrogens is 1. The number of hydrogen-bond acceptors (Lipinski definition) is 6. The summed E-state index contributed by atoms with van der Waals surface area (Å²) in [5.41, 5.74) is 7.79. The first kappa shape index (κ1) is 21.2. The fourth-order valence-corrected chi connectivity index (χ4v) is 4.54. The summed E-state index contributed by atoms with van der Waals surface area (Å²) < 4.78 is 8.57. The van der Waals surface area contributed by atoms with Gasteiger partial charge in [0.2, 0.25) is 11.7 Å². The SMILES string of the molecule is CCCCc1nc2c(C)cccc2n1Cc1ccc2nc(-c3ccccc3-c3nn[nH]n3)oc2c1. The molecule has 0 fully saturated rings. The van der Waals surface area contributed by atoms with E-state index < -0.39 is 0 Å². The number of nitrogens with one attached hydrogen (secondary N) is 1. The van der Waals surface area contributed by atoms with E-state index in [1.54, 1.807) is 0 Å². The number of aromatic amines is 1. The minimum atomic E-state index is 0.505. The van der Waals surface area contributed by atoms with Gasteiger partial charge in [-0.3, -0.25) is 0 Å². The number of aryl methyl sites for hydroxylation is 2. The second kappa shape index (κ2) is 8.79. The van der Waals surface area contributed by atoms with Crippen LogP contribution in [0.2, 0.25) is 0 Å². The minimum absolute atomic E-state index is 0.505. The van der Waals surface area contributed by atoms with E-state index in [0.29, 0.717) is 11.7 Å². The highest BCUT2D eigenvalue weighted by Gasteiger charge is 2.17. The lowest BCUT2D eigenvalue weighted by Gasteiger charge is -2.09. The molecule has 0 saturated heterocycles. The van der Waals surface area contributed by atoms with Crippen LogP contribution in [0.15, 0.2) is 65.1 Å². The van der Waals surface area contributed by atoms with Crippen LogP contribution < -0.4 is 0 Å². The highest BCUT2D eigenvalue weighted by Crippen LogP contribution is 2.32. The summed E-state index contributed by atoms with van der Waals surface area (Å²) in [4.78, 5) is 9.73. The third kappa shape index (κ3) is 3.86. The lowest BCUT2D eigenvalue weighted by molar-refractivity contribution is 0.618. The van der Waals surface area contributed by atoms with Crippen molar-refractivity contribution in [3.63, 3.8) is 0 Å². The summed E-state index contributed by atoms with van der Waals surface area (Å²) in [6.07, 6.45) is 3.22. The number of tetrazole rings is 1. The van der Waals surface area contributed by atoms with Crippen LogP contribution in [-0.4, -0.2) is 35.2 Å². The molecule has 6 rings (SSSR count). The number of para-hydroxylation sites is 1. The molecule has 8 heteroatoms. The van der Waals surface area contributed by atoms with E-state index in [-0.39, 0.29) is 0 Å². The van der Waals surface area contributed by atoms with E-state index in [4.69, 9.17) is 14.4 Å². The molecule has 0 radical (unpaired) electrons. The van der Waals surface area contributed by atoms with E-state index >= 15 is 0 Å². The lowest BCUT2D eigenvalue weighted by atomic mass is 10.1. The smallest absolute Gasteiger partial charge is 0.228 e. The Morgan fingerprint density at radius 3 is 2.69 bits per heavy atom. The molecule has 6 aromatic rings. The largest absolute Gasteiger partial charge is 0.436 e. The predicted octanol–water partition coefficient (Wildman–Crippen LogP) is 5.72. The molecule has 3 heterocycles. The van der Waals surface area contributed by atoms with Crippen molar-refractivity contribution < 1.29 is 4.42 Å². The summed E-state index contributed by atoms with van der Waals surface area (Å²) in [7, 11) is 0. The van der Waals surface area contributed by atoms with Gasteiger partial charge in [0.15, 0.2) is 5.58 Å². The number of nitrogens with zero attached hydrogens (tertiary/aromatic N) is 6. The van der Waals surface area contributed by atoms with E-state index in [2.05, 4.69) is 69.4 Å². The van der Waals surface area contributed by atoms with Gasteiger partial charge < -0.3 is 8.98 Å². The molecule has 1 N–H and O–H groups in total. The van der Waals surface area contributed by atoms with Gasteiger partial charge in [-0.1, -0.05) is 49.7 Å². The Bertz CT molecular complexity index is 1630. The van der Waals surface area contributed by atoms with Crippen molar-refractivity contribution in [3.05, 3.63) is 77.6 Å². The van der Waals surface area contributed by atoms with Gasteiger partial charge in [-0.2, -0.15) is 5.21 Å². The van der Waals surface area contributed by atoms with Gasteiger partial charge in [0, 0.05) is 24.1 Å². The highest BCUT2D eigenvalue weighted by atomic mass is 16.3. The first-order valence-electron chi connectivity index (χ1n) is 11.9. The van der Waals surface area contributed by atoms with Gasteiger partial charge >= 0.3 is 0 Å². The third-order valence-corrected chi connectivity index (χ3v) is 6.35. The Hall–Kier alpha value is -4.33. The Labute approximate surface area is 202 Å². The summed E-state index contributed by atoms with van der Waals surface area (Å²) >= 11 is 0. The number of hydrogen-bond donors (Lipinski definition) is 1. The number of oxazole rings is 1. The zero-order valence-corrected chi connectivity index (χ0v) is 19.7. The Morgan fingerprint density at radius 2 is 1.86 bits per heavy atom. The maximum atomic E-state index is 6.23. The fraction of sp³-hybridized carbons (Fsp3) is 0.222. The van der Waals surface area contributed by atoms with E-state index in [0.717, 1.165) is 64.9 Å². The Kier molecular flexibility index (Phi) is 5.33. The van der Waals surface area contributed by atoms with E-state index in [1.165, 1.54) is 11.1 Å². The Balaban J connectivity index is 1.39. The average Bonchev–Trinajstić information content (AvgIpc) is 3.62. The predicted molar refractivity (Wildman–Crippen MR) is 135 cm³/mol. The molecule has 0 aliphatic carbocycles. The highest BCUT2D eigenvalue weighted by molar-refractivity contribution is 5.82. The van der Waals surface area contributed by atoms with Gasteiger partial charge in [0.05, 0.1) is 11.0 Å². The molecule has 0 aliphatic rings. The van der Waals surface area contributed by atoms with E-state index in [1.807, 2.05) is 30.3 Å². The molecule has 174 valence electrons. The van der Waals surface area contributed by atoms with Crippen molar-refractivity contribution in [2.24, 2.45) is 0 Å². The van der Waals surface area contributed by atoms with E-state index in [9.17, 15) is 0 Å². The monoisotopic (exact) mass is 463 g/mol. The zero-order valence-electron chi connectivity index (χ0n) is 19.7. The topological polar surface area (TPSA) is 98.3 Å². The van der Waals surface area contributed by atoms with Crippen LogP contribution in [0.25, 0.3) is 45.0 Å². The molecule has 0 saturated carbocycles. The first-order chi connectivity index (χ1) is 17.2. The van der Waals surface area contributed by atoms with Crippen molar-refractivity contribution in [1.29, 1.82) is 0 Å². The van der Waals surface area contributed by atoms with Crippen LogP contribution in [0.1, 0.15) is 36.7 Å². The van der Waals surface area contributed by atoms with Crippen LogP contribution in [-0.2, 0) is 13.0 Å². The van der Waals surface area contributed by atoms with Gasteiger partial charge in [-0.25, -0.2) is 9.97 Å². The Morgan fingerprint density at radius 1 is 0.971 bits per heavy atom. The quantitative estimate of drug-likeness (QED) is 0.325. The van der Waals surface area contributed by atoms with Gasteiger partial charge in [-0.15, -0.1) is 10.2 Å². The van der Waals surface area contributed by atoms with Gasteiger partial charge in [-0.05, 0) is 54.0 Å². The summed E-state index contributed by atoms with van der Waals surface area (Å²) in [5.74, 6) is 2.17. The maximum Gasteiger partial charge on any atom is 0.228 e. The number of imidazole rings is 1. The molecule has 0 bridgehead atoms. The standard InChI is InChI=1S/C27H25N7O/c1-3-4-12-24-29-25-17(2)8-7-11-22(25)34(24)16-18-13-14-21-23(15-18)35-27(28-21)20-10-6-5-9-19(20)26-30-32-33-31-26/h5-11,13-15H,3-4,12,16H2,1-2H3,(H,30,31,32,33). The second-order valence-corrected chi connectivity index (χ2v) is 8.76. The lowest BCUT2D eigenvalue weighted by Crippen LogP contribution is -2.05. The summed E-state index contributed by atoms with van der Waals surface area (Å²) in [6.45, 7) is 5.06. The van der Waals surface area contributed by atoms with Crippen LogP contribution in [0, 0.1) is 6.92 Å². The number of unbranched alkanes of at least 4 members (excludes halogenated alkanes) is 1. The molecule has 0 amide bonds. The summed E-state index contributed by atoms with van der Waals surface area (Å²) in [5, 5.41) is 14.4. The van der Waals surface area contributed by atoms with Crippen LogP contribution in [0.5, 0.6) is 0 Å². The molecular weight excluding hydrogens is 438 g/mol. The van der Waals surface area contributed by atoms with Crippen molar-refractivity contribution in [1.82, 2.24) is 35.2 Å². The molecule has 0 aliphatic heterocycles. The third-order valence-electron chi connectivity index (χ3n) is 6.35. The van der Waals surface area contributed by atoms with Crippen LogP contribution in [0.4, 0.5) is 0 Å². The fourth-order valence-electron chi connectivity index (χ4n) is 4.54. The molecule has 8 nitrogen and oxygen atoms in total. The average molecular weight is 464 g/mol. The van der Waals surface area contributed by atoms with Crippen molar-refractivity contribution in [3.8, 4) is 22.8 Å². The molecule has 0 unspecified atom stereocenters. The van der Waals surface area contributed by atoms with Crippen LogP contribution >= 0.6 is 0 Å². The first-order valence-corrected chi connectivity index (χ1v) is 11.9. The molecule has 35 heavy (non-hydrogen) atoms. The maximum absolute atomic E-state index is 6.23. The molecular formula is C27H25N7O. The number of benzene rings is 3. The zero-order chi connectivity index (χ0) is 23.8. The second-order valence-electron chi connectivity index (χ2n) is 8.76. The number of fused-ring (bicyclic) bond motifs is 2. The van der Waals surface area contributed by atoms with Crippen molar-refractivity contribution >= 4 is 22.1 Å². The normalized spacial score (nSPS) is 11.6. The number of rotatable bonds is 7. The minimum Gasteiger partial charge on any atom is -0.436 e. The van der Waals surface area contributed by atoms with Crippen LogP contribution in [0.3, 0.4) is 0 Å². The molecule has 0 atom stereocenters. The summed E-state index contributed by atoms with van der Waals surface area (Å²) in [6, 6.07) is 20.4. The molecule has 3 aromatic heterocycles. The molecule has 3 aromatic carbocycles. The number of aromatic nitrogens is 7. The van der Waals surface area contributed by atoms with Gasteiger partial charge in [0.1, 0.15) is 11.3 Å².